The second kappa shape index (κ2) is 4.84. The van der Waals surface area contributed by atoms with Gasteiger partial charge in [0.15, 0.2) is 0 Å². The summed E-state index contributed by atoms with van der Waals surface area (Å²) in [6.07, 6.45) is 2.44. The zero-order valence-electron chi connectivity index (χ0n) is 10.7. The van der Waals surface area contributed by atoms with Gasteiger partial charge in [-0.05, 0) is 47.8 Å². The molecule has 1 aromatic carbocycles. The molecule has 0 bridgehead atoms. The molecule has 0 atom stereocenters. The topological polar surface area (TPSA) is 43.8 Å². The lowest BCUT2D eigenvalue weighted by molar-refractivity contribution is 0.708. The van der Waals surface area contributed by atoms with Crippen LogP contribution in [0.2, 0.25) is 5.02 Å². The number of nitrogens with zero attached hydrogens (tertiary/aromatic N) is 2. The number of aromatic nitrogens is 2. The van der Waals surface area contributed by atoms with Crippen molar-refractivity contribution in [2.75, 3.05) is 5.73 Å². The summed E-state index contributed by atoms with van der Waals surface area (Å²) in [7, 11) is 0. The van der Waals surface area contributed by atoms with Crippen LogP contribution in [0.3, 0.4) is 0 Å². The van der Waals surface area contributed by atoms with Gasteiger partial charge in [0, 0.05) is 22.5 Å². The molecular formula is C14H15BrClN3. The lowest BCUT2D eigenvalue weighted by Gasteiger charge is -2.05. The van der Waals surface area contributed by atoms with Gasteiger partial charge in [0.1, 0.15) is 17.3 Å². The number of halogens is 2. The van der Waals surface area contributed by atoms with E-state index >= 15 is 0 Å². The maximum atomic E-state index is 6.25. The van der Waals surface area contributed by atoms with Gasteiger partial charge < -0.3 is 10.3 Å². The number of benzene rings is 1. The second-order valence-electron chi connectivity index (χ2n) is 4.85. The predicted molar refractivity (Wildman–Crippen MR) is 82.4 cm³/mol. The highest BCUT2D eigenvalue weighted by molar-refractivity contribution is 9.10. The van der Waals surface area contributed by atoms with Crippen molar-refractivity contribution >= 4 is 33.3 Å². The molecule has 1 heterocycles. The normalized spacial score (nSPS) is 14.9. The van der Waals surface area contributed by atoms with Gasteiger partial charge in [-0.1, -0.05) is 17.7 Å². The highest BCUT2D eigenvalue weighted by Gasteiger charge is 2.30. The molecule has 0 saturated heterocycles. The Morgan fingerprint density at radius 2 is 2.21 bits per heavy atom. The lowest BCUT2D eigenvalue weighted by atomic mass is 10.1. The molecule has 100 valence electrons. The molecule has 2 aromatic rings. The van der Waals surface area contributed by atoms with E-state index in [-0.39, 0.29) is 0 Å². The Morgan fingerprint density at radius 3 is 2.79 bits per heavy atom. The highest BCUT2D eigenvalue weighted by Crippen LogP contribution is 2.42. The van der Waals surface area contributed by atoms with Crippen LogP contribution in [0, 0.1) is 0 Å². The zero-order chi connectivity index (χ0) is 13.6. The molecule has 1 aliphatic carbocycles. The zero-order valence-corrected chi connectivity index (χ0v) is 13.0. The fraction of sp³-hybridized carbons (Fsp3) is 0.357. The average Bonchev–Trinajstić information content (AvgIpc) is 3.17. The summed E-state index contributed by atoms with van der Waals surface area (Å²) in [5.74, 6) is 2.46. The minimum Gasteiger partial charge on any atom is -0.383 e. The van der Waals surface area contributed by atoms with Gasteiger partial charge in [-0.25, -0.2) is 4.98 Å². The number of nitrogen functional groups attached to an aromatic ring is 1. The molecule has 0 spiro atoms. The van der Waals surface area contributed by atoms with Crippen LogP contribution < -0.4 is 5.73 Å². The number of imidazole rings is 1. The third kappa shape index (κ3) is 2.28. The first kappa shape index (κ1) is 13.0. The Balaban J connectivity index is 2.11. The molecule has 5 heteroatoms. The fourth-order valence-corrected chi connectivity index (χ4v) is 2.82. The van der Waals surface area contributed by atoms with Crippen molar-refractivity contribution in [3.63, 3.8) is 0 Å². The first-order valence-corrected chi connectivity index (χ1v) is 7.60. The molecule has 0 aliphatic heterocycles. The van der Waals surface area contributed by atoms with Crippen molar-refractivity contribution in [2.24, 2.45) is 0 Å². The Labute approximate surface area is 125 Å². The predicted octanol–water partition coefficient (Wildman–Crippen LogP) is 4.45. The molecule has 3 nitrogen and oxygen atoms in total. The summed E-state index contributed by atoms with van der Waals surface area (Å²) in [6.45, 7) is 2.96. The molecule has 0 unspecified atom stereocenters. The quantitative estimate of drug-likeness (QED) is 0.897. The van der Waals surface area contributed by atoms with Crippen LogP contribution in [-0.2, 0) is 6.54 Å². The number of nitrogens with two attached hydrogens (primary N) is 1. The number of rotatable bonds is 3. The van der Waals surface area contributed by atoms with Crippen molar-refractivity contribution in [2.45, 2.75) is 32.2 Å². The summed E-state index contributed by atoms with van der Waals surface area (Å²) in [5.41, 5.74) is 8.12. The molecule has 1 saturated carbocycles. The van der Waals surface area contributed by atoms with Gasteiger partial charge >= 0.3 is 0 Å². The van der Waals surface area contributed by atoms with Gasteiger partial charge in [0.2, 0.25) is 0 Å². The van der Waals surface area contributed by atoms with Gasteiger partial charge in [0.05, 0.1) is 5.02 Å². The van der Waals surface area contributed by atoms with E-state index in [4.69, 9.17) is 22.3 Å². The smallest absolute Gasteiger partial charge is 0.131 e. The van der Waals surface area contributed by atoms with Crippen molar-refractivity contribution in [1.29, 1.82) is 0 Å². The maximum Gasteiger partial charge on any atom is 0.131 e. The van der Waals surface area contributed by atoms with E-state index in [0.717, 1.165) is 33.9 Å². The Kier molecular flexibility index (Phi) is 3.31. The first-order chi connectivity index (χ1) is 9.11. The Morgan fingerprint density at radius 1 is 1.47 bits per heavy atom. The van der Waals surface area contributed by atoms with Crippen LogP contribution in [0.1, 0.15) is 31.5 Å². The average molecular weight is 341 g/mol. The molecule has 0 amide bonds. The fourth-order valence-electron chi connectivity index (χ4n) is 2.32. The van der Waals surface area contributed by atoms with E-state index in [0.29, 0.717) is 10.9 Å². The monoisotopic (exact) mass is 339 g/mol. The largest absolute Gasteiger partial charge is 0.383 e. The van der Waals surface area contributed by atoms with E-state index in [1.165, 1.54) is 12.8 Å². The maximum absolute atomic E-state index is 6.25. The van der Waals surface area contributed by atoms with Crippen molar-refractivity contribution < 1.29 is 0 Å². The summed E-state index contributed by atoms with van der Waals surface area (Å²) in [4.78, 5) is 4.76. The number of hydrogen-bond donors (Lipinski definition) is 1. The van der Waals surface area contributed by atoms with Crippen LogP contribution in [0.25, 0.3) is 11.3 Å². The van der Waals surface area contributed by atoms with Crippen molar-refractivity contribution in [1.82, 2.24) is 9.55 Å². The van der Waals surface area contributed by atoms with Crippen molar-refractivity contribution in [3.8, 4) is 11.3 Å². The molecule has 3 rings (SSSR count). The van der Waals surface area contributed by atoms with Crippen LogP contribution in [0.15, 0.2) is 22.7 Å². The summed E-state index contributed by atoms with van der Waals surface area (Å²) in [6, 6.07) is 5.79. The number of hydrogen-bond acceptors (Lipinski definition) is 2. The van der Waals surface area contributed by atoms with E-state index in [2.05, 4.69) is 27.4 Å². The molecule has 0 radical (unpaired) electrons. The molecule has 2 N–H and O–H groups in total. The molecule has 1 aromatic heterocycles. The third-order valence-corrected chi connectivity index (χ3v) is 4.70. The molecule has 1 aliphatic rings. The van der Waals surface area contributed by atoms with E-state index < -0.39 is 0 Å². The summed E-state index contributed by atoms with van der Waals surface area (Å²) >= 11 is 9.47. The highest BCUT2D eigenvalue weighted by atomic mass is 79.9. The SMILES string of the molecule is CCn1c(C2CC2)nc(-c2ccc(Cl)c(Br)c2)c1N. The Bertz CT molecular complexity index is 632. The Hall–Kier alpha value is -1.00. The molecular weight excluding hydrogens is 326 g/mol. The minimum atomic E-state index is 0.590. The first-order valence-electron chi connectivity index (χ1n) is 6.43. The van der Waals surface area contributed by atoms with Crippen LogP contribution >= 0.6 is 27.5 Å². The van der Waals surface area contributed by atoms with Crippen LogP contribution in [0.4, 0.5) is 5.82 Å². The molecule has 19 heavy (non-hydrogen) atoms. The summed E-state index contributed by atoms with van der Waals surface area (Å²) < 4.78 is 2.99. The summed E-state index contributed by atoms with van der Waals surface area (Å²) in [5, 5.41) is 0.694. The van der Waals surface area contributed by atoms with E-state index in [9.17, 15) is 0 Å². The van der Waals surface area contributed by atoms with Gasteiger partial charge in [-0.15, -0.1) is 0 Å². The van der Waals surface area contributed by atoms with Crippen LogP contribution in [-0.4, -0.2) is 9.55 Å². The minimum absolute atomic E-state index is 0.590. The van der Waals surface area contributed by atoms with Crippen LogP contribution in [0.5, 0.6) is 0 Å². The number of anilines is 1. The third-order valence-electron chi connectivity index (χ3n) is 3.49. The second-order valence-corrected chi connectivity index (χ2v) is 6.11. The molecule has 1 fully saturated rings. The van der Waals surface area contributed by atoms with Gasteiger partial charge in [-0.3, -0.25) is 0 Å². The van der Waals surface area contributed by atoms with Crippen molar-refractivity contribution in [3.05, 3.63) is 33.5 Å². The van der Waals surface area contributed by atoms with Gasteiger partial charge in [-0.2, -0.15) is 0 Å². The van der Waals surface area contributed by atoms with E-state index in [1.807, 2.05) is 18.2 Å². The van der Waals surface area contributed by atoms with E-state index in [1.54, 1.807) is 0 Å². The van der Waals surface area contributed by atoms with Gasteiger partial charge in [0.25, 0.3) is 0 Å². The standard InChI is InChI=1S/C14H15BrClN3/c1-2-19-13(17)12(18-14(19)8-3-4-8)9-5-6-11(16)10(15)7-9/h5-8H,2-4,17H2,1H3. The lowest BCUT2D eigenvalue weighted by Crippen LogP contribution is -2.04.